The van der Waals surface area contributed by atoms with Crippen LogP contribution >= 0.6 is 11.6 Å². The third-order valence-electron chi connectivity index (χ3n) is 8.51. The Bertz CT molecular complexity index is 1550. The van der Waals surface area contributed by atoms with E-state index < -0.39 is 23.7 Å². The lowest BCUT2D eigenvalue weighted by atomic mass is 9.59. The molecule has 1 aliphatic heterocycles. The van der Waals surface area contributed by atoms with Crippen molar-refractivity contribution in [3.8, 4) is 11.5 Å². The molecule has 0 spiro atoms. The number of aromatic hydroxyl groups is 2. The van der Waals surface area contributed by atoms with E-state index >= 15 is 0 Å². The van der Waals surface area contributed by atoms with E-state index in [1.54, 1.807) is 37.3 Å². The second-order valence-electron chi connectivity index (χ2n) is 10.7. The van der Waals surface area contributed by atoms with Crippen LogP contribution in [0.2, 0.25) is 5.02 Å². The molecular formula is C31H26ClNO6. The molecule has 2 aromatic carbocycles. The molecule has 1 saturated heterocycles. The van der Waals surface area contributed by atoms with Crippen molar-refractivity contribution in [1.29, 1.82) is 0 Å². The average Bonchev–Trinajstić information content (AvgIpc) is 3.15. The minimum absolute atomic E-state index is 0.0223. The Morgan fingerprint density at radius 2 is 1.67 bits per heavy atom. The van der Waals surface area contributed by atoms with Crippen LogP contribution in [0.5, 0.6) is 11.5 Å². The smallest absolute Gasteiger partial charge is 0.233 e. The van der Waals surface area contributed by atoms with Crippen LogP contribution in [0, 0.1) is 17.8 Å². The van der Waals surface area contributed by atoms with Gasteiger partial charge in [-0.25, -0.2) is 0 Å². The van der Waals surface area contributed by atoms with E-state index in [4.69, 9.17) is 11.6 Å². The van der Waals surface area contributed by atoms with Gasteiger partial charge in [-0.15, -0.1) is 0 Å². The molecule has 8 heteroatoms. The Labute approximate surface area is 230 Å². The van der Waals surface area contributed by atoms with Crippen molar-refractivity contribution >= 4 is 35.0 Å². The van der Waals surface area contributed by atoms with Crippen molar-refractivity contribution in [3.63, 3.8) is 0 Å². The Kier molecular flexibility index (Phi) is 6.07. The van der Waals surface area contributed by atoms with Crippen molar-refractivity contribution in [2.24, 2.45) is 17.8 Å². The standard InChI is InChI=1S/C31H26ClNO6/c1-15-12-25(36)23-14-22-19(26(28(23)29(15)37)20-7-6-18(35)13-24(20)32)8-9-21-27(22)31(39)33(30(21)38)11-10-16-2-4-17(34)5-3-16/h2-8,12-13,21-22,26-27,34-35H,9-11,14H2,1H3. The molecule has 4 atom stereocenters. The number of phenolic OH excluding ortho intramolecular Hbond substituents is 2. The summed E-state index contributed by atoms with van der Waals surface area (Å²) in [4.78, 5) is 55.2. The molecule has 4 aliphatic rings. The molecule has 0 aromatic heterocycles. The average molecular weight is 544 g/mol. The maximum absolute atomic E-state index is 13.8. The fourth-order valence-corrected chi connectivity index (χ4v) is 6.94. The van der Waals surface area contributed by atoms with Crippen LogP contribution in [0.15, 0.2) is 76.9 Å². The largest absolute Gasteiger partial charge is 0.508 e. The summed E-state index contributed by atoms with van der Waals surface area (Å²) in [5.41, 5.74) is 3.37. The van der Waals surface area contributed by atoms with Crippen LogP contribution in [0.3, 0.4) is 0 Å². The van der Waals surface area contributed by atoms with Crippen molar-refractivity contribution in [2.45, 2.75) is 32.1 Å². The number of fused-ring (bicyclic) bond motifs is 3. The first-order valence-corrected chi connectivity index (χ1v) is 13.4. The number of rotatable bonds is 4. The lowest BCUT2D eigenvalue weighted by Gasteiger charge is -2.42. The van der Waals surface area contributed by atoms with Gasteiger partial charge in [0, 0.05) is 34.2 Å². The number of ketones is 2. The molecule has 3 aliphatic carbocycles. The van der Waals surface area contributed by atoms with Gasteiger partial charge >= 0.3 is 0 Å². The molecule has 0 bridgehead atoms. The zero-order chi connectivity index (χ0) is 27.6. The number of carbonyl (C=O) groups excluding carboxylic acids is 4. The summed E-state index contributed by atoms with van der Waals surface area (Å²) in [6.45, 7) is 1.83. The molecule has 0 saturated carbocycles. The van der Waals surface area contributed by atoms with E-state index in [0.717, 1.165) is 11.1 Å². The van der Waals surface area contributed by atoms with Gasteiger partial charge < -0.3 is 10.2 Å². The van der Waals surface area contributed by atoms with E-state index in [0.29, 0.717) is 35.1 Å². The maximum atomic E-state index is 13.8. The topological polar surface area (TPSA) is 112 Å². The van der Waals surface area contributed by atoms with Crippen LogP contribution < -0.4 is 0 Å². The Morgan fingerprint density at radius 3 is 2.38 bits per heavy atom. The minimum Gasteiger partial charge on any atom is -0.508 e. The van der Waals surface area contributed by atoms with E-state index in [1.807, 2.05) is 6.08 Å². The number of allylic oxidation sites excluding steroid dienone is 6. The quantitative estimate of drug-likeness (QED) is 0.335. The molecule has 1 heterocycles. The molecule has 6 rings (SSSR count). The highest BCUT2D eigenvalue weighted by Gasteiger charge is 2.56. The Balaban J connectivity index is 1.39. The van der Waals surface area contributed by atoms with Gasteiger partial charge in [-0.3, -0.25) is 24.1 Å². The lowest BCUT2D eigenvalue weighted by molar-refractivity contribution is -0.140. The summed E-state index contributed by atoms with van der Waals surface area (Å²) in [6.07, 6.45) is 4.30. The summed E-state index contributed by atoms with van der Waals surface area (Å²) >= 11 is 6.58. The first-order chi connectivity index (χ1) is 18.7. The molecule has 7 nitrogen and oxygen atoms in total. The van der Waals surface area contributed by atoms with Crippen LogP contribution in [0.4, 0.5) is 0 Å². The fourth-order valence-electron chi connectivity index (χ4n) is 6.66. The van der Waals surface area contributed by atoms with Crippen molar-refractivity contribution < 1.29 is 29.4 Å². The molecule has 198 valence electrons. The van der Waals surface area contributed by atoms with E-state index in [1.165, 1.54) is 23.1 Å². The Hall–Kier alpha value is -3.97. The second-order valence-corrected chi connectivity index (χ2v) is 11.1. The van der Waals surface area contributed by atoms with Crippen LogP contribution in [0.1, 0.15) is 36.8 Å². The molecule has 2 amide bonds. The van der Waals surface area contributed by atoms with E-state index in [9.17, 15) is 29.4 Å². The van der Waals surface area contributed by atoms with Gasteiger partial charge in [-0.2, -0.15) is 0 Å². The zero-order valence-corrected chi connectivity index (χ0v) is 21.9. The van der Waals surface area contributed by atoms with Crippen molar-refractivity contribution in [2.75, 3.05) is 6.54 Å². The second kappa shape index (κ2) is 9.35. The number of hydrogen-bond donors (Lipinski definition) is 2. The van der Waals surface area contributed by atoms with Crippen molar-refractivity contribution in [1.82, 2.24) is 4.90 Å². The molecule has 2 aromatic rings. The molecular weight excluding hydrogens is 518 g/mol. The lowest BCUT2D eigenvalue weighted by Crippen LogP contribution is -2.40. The maximum Gasteiger partial charge on any atom is 0.233 e. The van der Waals surface area contributed by atoms with Crippen molar-refractivity contribution in [3.05, 3.63) is 93.1 Å². The first kappa shape index (κ1) is 25.3. The highest BCUT2D eigenvalue weighted by molar-refractivity contribution is 6.32. The summed E-state index contributed by atoms with van der Waals surface area (Å²) < 4.78 is 0. The van der Waals surface area contributed by atoms with Gasteiger partial charge in [0.2, 0.25) is 11.8 Å². The van der Waals surface area contributed by atoms with Gasteiger partial charge in [0.15, 0.2) is 11.6 Å². The summed E-state index contributed by atoms with van der Waals surface area (Å²) in [7, 11) is 0. The number of imide groups is 1. The summed E-state index contributed by atoms with van der Waals surface area (Å²) in [6, 6.07) is 11.2. The van der Waals surface area contributed by atoms with Gasteiger partial charge in [-0.1, -0.05) is 41.4 Å². The zero-order valence-electron chi connectivity index (χ0n) is 21.2. The number of phenols is 2. The third kappa shape index (κ3) is 4.03. The van der Waals surface area contributed by atoms with Crippen LogP contribution in [-0.4, -0.2) is 45.0 Å². The number of carbonyl (C=O) groups is 4. The highest BCUT2D eigenvalue weighted by atomic mass is 35.5. The third-order valence-corrected chi connectivity index (χ3v) is 8.84. The minimum atomic E-state index is -0.651. The summed E-state index contributed by atoms with van der Waals surface area (Å²) in [5, 5.41) is 19.8. The molecule has 4 unspecified atom stereocenters. The predicted octanol–water partition coefficient (Wildman–Crippen LogP) is 4.42. The van der Waals surface area contributed by atoms with E-state index in [-0.39, 0.29) is 52.9 Å². The fraction of sp³-hybridized carbons (Fsp3) is 0.290. The number of Topliss-reactive ketones (excluding diaryl/α,β-unsaturated/α-hetero) is 1. The van der Waals surface area contributed by atoms with Crippen LogP contribution in [0.25, 0.3) is 0 Å². The van der Waals surface area contributed by atoms with Gasteiger partial charge in [0.25, 0.3) is 0 Å². The number of hydrogen-bond acceptors (Lipinski definition) is 6. The first-order valence-electron chi connectivity index (χ1n) is 13.0. The van der Waals surface area contributed by atoms with Gasteiger partial charge in [0.1, 0.15) is 11.5 Å². The molecule has 0 radical (unpaired) electrons. The molecule has 2 N–H and O–H groups in total. The number of nitrogens with zero attached hydrogens (tertiary/aromatic N) is 1. The number of amides is 2. The van der Waals surface area contributed by atoms with E-state index in [2.05, 4.69) is 0 Å². The van der Waals surface area contributed by atoms with Gasteiger partial charge in [-0.05, 0) is 73.6 Å². The normalized spacial score (nSPS) is 26.3. The number of likely N-dealkylation sites (tertiary alicyclic amines) is 1. The Morgan fingerprint density at radius 1 is 0.949 bits per heavy atom. The molecule has 39 heavy (non-hydrogen) atoms. The summed E-state index contributed by atoms with van der Waals surface area (Å²) in [5.74, 6) is -3.11. The monoisotopic (exact) mass is 543 g/mol. The predicted molar refractivity (Wildman–Crippen MR) is 143 cm³/mol. The van der Waals surface area contributed by atoms with Crippen LogP contribution in [-0.2, 0) is 25.6 Å². The molecule has 1 fully saturated rings. The highest BCUT2D eigenvalue weighted by Crippen LogP contribution is 2.56. The number of benzene rings is 2. The number of halogens is 1. The SMILES string of the molecule is CC1=CC(=O)C2=C(C1=O)C(c1ccc(O)cc1Cl)C1=CCC3C(=O)N(CCc4ccc(O)cc4)C(=O)C3C1C2. The van der Waals surface area contributed by atoms with Gasteiger partial charge in [0.05, 0.1) is 11.8 Å².